The van der Waals surface area contributed by atoms with E-state index in [2.05, 4.69) is 53.6 Å². The van der Waals surface area contributed by atoms with E-state index in [1.165, 1.54) is 50.0 Å². The molecule has 0 amide bonds. The molecule has 0 saturated carbocycles. The molecule has 0 spiro atoms. The summed E-state index contributed by atoms with van der Waals surface area (Å²) >= 11 is 0. The summed E-state index contributed by atoms with van der Waals surface area (Å²) in [6, 6.07) is 8.99. The fraction of sp³-hybridized carbons (Fsp3) is 0.696. The standard InChI is InChI=1S/C23H40N4O2.HI/c1-4-12-27-13-10-22(11-14-27)26-23(24-5-2)25-18-20-8-7-9-21(17-20)19-29-16-15-28-6-3;/h7-9,17,22H,4-6,10-16,18-19H2,1-3H3,(H2,24,25,26);1H. The normalized spacial score (nSPS) is 15.6. The van der Waals surface area contributed by atoms with Crippen LogP contribution in [0, 0.1) is 0 Å². The predicted octanol–water partition coefficient (Wildman–Crippen LogP) is 3.79. The number of hydrogen-bond donors (Lipinski definition) is 2. The van der Waals surface area contributed by atoms with Crippen molar-refractivity contribution in [2.45, 2.75) is 59.2 Å². The first kappa shape index (κ1) is 27.1. The SMILES string of the molecule is CCCN1CCC(NC(=NCc2cccc(COCCOCC)c2)NCC)CC1.I. The van der Waals surface area contributed by atoms with Gasteiger partial charge in [-0.1, -0.05) is 31.2 Å². The lowest BCUT2D eigenvalue weighted by molar-refractivity contribution is 0.0453. The van der Waals surface area contributed by atoms with Crippen LogP contribution in [0.4, 0.5) is 0 Å². The lowest BCUT2D eigenvalue weighted by Crippen LogP contribution is -2.48. The van der Waals surface area contributed by atoms with E-state index in [9.17, 15) is 0 Å². The molecule has 1 aromatic carbocycles. The van der Waals surface area contributed by atoms with Gasteiger partial charge in [-0.05, 0) is 50.8 Å². The Morgan fingerprint density at radius 1 is 1.10 bits per heavy atom. The summed E-state index contributed by atoms with van der Waals surface area (Å²) in [6.45, 7) is 14.1. The van der Waals surface area contributed by atoms with Crippen LogP contribution >= 0.6 is 24.0 Å². The summed E-state index contributed by atoms with van der Waals surface area (Å²) < 4.78 is 11.0. The molecule has 172 valence electrons. The van der Waals surface area contributed by atoms with E-state index < -0.39 is 0 Å². The highest BCUT2D eigenvalue weighted by Crippen LogP contribution is 2.11. The molecule has 0 unspecified atom stereocenters. The molecule has 1 aliphatic heterocycles. The second-order valence-corrected chi connectivity index (χ2v) is 7.52. The van der Waals surface area contributed by atoms with Crippen molar-refractivity contribution in [2.75, 3.05) is 46.0 Å². The van der Waals surface area contributed by atoms with Gasteiger partial charge in [-0.15, -0.1) is 24.0 Å². The largest absolute Gasteiger partial charge is 0.379 e. The zero-order valence-electron chi connectivity index (χ0n) is 19.0. The van der Waals surface area contributed by atoms with Gasteiger partial charge in [0.25, 0.3) is 0 Å². The number of aliphatic imine (C=N–C) groups is 1. The highest BCUT2D eigenvalue weighted by molar-refractivity contribution is 14.0. The summed E-state index contributed by atoms with van der Waals surface area (Å²) in [4.78, 5) is 7.37. The van der Waals surface area contributed by atoms with E-state index in [0.717, 1.165) is 19.1 Å². The van der Waals surface area contributed by atoms with Crippen LogP contribution in [0.1, 0.15) is 51.2 Å². The van der Waals surface area contributed by atoms with E-state index in [0.29, 0.717) is 32.4 Å². The van der Waals surface area contributed by atoms with Crippen molar-refractivity contribution in [3.05, 3.63) is 35.4 Å². The fourth-order valence-corrected chi connectivity index (χ4v) is 3.57. The number of guanidine groups is 1. The summed E-state index contributed by atoms with van der Waals surface area (Å²) in [6.07, 6.45) is 3.59. The molecular weight excluding hydrogens is 491 g/mol. The maximum atomic E-state index is 5.68. The number of halogens is 1. The average molecular weight is 533 g/mol. The monoisotopic (exact) mass is 532 g/mol. The van der Waals surface area contributed by atoms with Gasteiger partial charge in [-0.3, -0.25) is 0 Å². The molecule has 0 atom stereocenters. The van der Waals surface area contributed by atoms with Gasteiger partial charge in [0.1, 0.15) is 0 Å². The number of hydrogen-bond acceptors (Lipinski definition) is 4. The Morgan fingerprint density at radius 3 is 2.53 bits per heavy atom. The van der Waals surface area contributed by atoms with Crippen molar-refractivity contribution in [2.24, 2.45) is 4.99 Å². The van der Waals surface area contributed by atoms with Crippen LogP contribution in [0.15, 0.2) is 29.3 Å². The van der Waals surface area contributed by atoms with Crippen LogP contribution in [0.3, 0.4) is 0 Å². The zero-order valence-corrected chi connectivity index (χ0v) is 21.3. The maximum absolute atomic E-state index is 5.68. The van der Waals surface area contributed by atoms with Crippen molar-refractivity contribution in [3.8, 4) is 0 Å². The average Bonchev–Trinajstić information content (AvgIpc) is 2.74. The minimum Gasteiger partial charge on any atom is -0.379 e. The first-order valence-corrected chi connectivity index (χ1v) is 11.3. The lowest BCUT2D eigenvalue weighted by Gasteiger charge is -2.32. The molecule has 1 heterocycles. The Bertz CT molecular complexity index is 592. The molecule has 0 bridgehead atoms. The number of nitrogens with one attached hydrogen (secondary N) is 2. The summed E-state index contributed by atoms with van der Waals surface area (Å²) in [5, 5.41) is 7.02. The van der Waals surface area contributed by atoms with Crippen molar-refractivity contribution < 1.29 is 9.47 Å². The molecule has 1 fully saturated rings. The minimum absolute atomic E-state index is 0. The third-order valence-corrected chi connectivity index (χ3v) is 5.07. The molecule has 0 radical (unpaired) electrons. The number of ether oxygens (including phenoxy) is 2. The molecule has 30 heavy (non-hydrogen) atoms. The second-order valence-electron chi connectivity index (χ2n) is 7.52. The van der Waals surface area contributed by atoms with Crippen molar-refractivity contribution in [1.82, 2.24) is 15.5 Å². The van der Waals surface area contributed by atoms with Gasteiger partial charge in [-0.2, -0.15) is 0 Å². The zero-order chi connectivity index (χ0) is 20.7. The van der Waals surface area contributed by atoms with Crippen LogP contribution in [0.5, 0.6) is 0 Å². The van der Waals surface area contributed by atoms with Crippen molar-refractivity contribution in [1.29, 1.82) is 0 Å². The smallest absolute Gasteiger partial charge is 0.191 e. The van der Waals surface area contributed by atoms with Crippen LogP contribution < -0.4 is 10.6 Å². The molecule has 2 N–H and O–H groups in total. The van der Waals surface area contributed by atoms with Crippen LogP contribution in [-0.2, 0) is 22.6 Å². The molecule has 1 aliphatic rings. The molecule has 6 nitrogen and oxygen atoms in total. The second kappa shape index (κ2) is 16.8. The molecule has 2 rings (SSSR count). The van der Waals surface area contributed by atoms with E-state index >= 15 is 0 Å². The third-order valence-electron chi connectivity index (χ3n) is 5.07. The minimum atomic E-state index is 0. The van der Waals surface area contributed by atoms with Crippen LogP contribution in [0.25, 0.3) is 0 Å². The summed E-state index contributed by atoms with van der Waals surface area (Å²) in [5.41, 5.74) is 2.38. The number of benzene rings is 1. The summed E-state index contributed by atoms with van der Waals surface area (Å²) in [7, 11) is 0. The van der Waals surface area contributed by atoms with E-state index in [-0.39, 0.29) is 24.0 Å². The van der Waals surface area contributed by atoms with E-state index in [1.807, 2.05) is 6.92 Å². The van der Waals surface area contributed by atoms with Gasteiger partial charge in [0, 0.05) is 32.3 Å². The van der Waals surface area contributed by atoms with Gasteiger partial charge < -0.3 is 25.0 Å². The number of likely N-dealkylation sites (tertiary alicyclic amines) is 1. The van der Waals surface area contributed by atoms with Crippen LogP contribution in [-0.4, -0.2) is 62.9 Å². The first-order chi connectivity index (χ1) is 14.2. The Labute approximate surface area is 200 Å². The van der Waals surface area contributed by atoms with Gasteiger partial charge >= 0.3 is 0 Å². The third kappa shape index (κ3) is 10.9. The quantitative estimate of drug-likeness (QED) is 0.186. The van der Waals surface area contributed by atoms with Gasteiger partial charge in [0.05, 0.1) is 26.4 Å². The maximum Gasteiger partial charge on any atom is 0.191 e. The molecule has 0 aliphatic carbocycles. The number of rotatable bonds is 12. The Hall–Kier alpha value is -0.900. The number of nitrogens with zero attached hydrogens (tertiary/aromatic N) is 2. The van der Waals surface area contributed by atoms with Crippen LogP contribution in [0.2, 0.25) is 0 Å². The Morgan fingerprint density at radius 2 is 1.83 bits per heavy atom. The van der Waals surface area contributed by atoms with E-state index in [1.54, 1.807) is 0 Å². The number of piperidine rings is 1. The molecular formula is C23H41IN4O2. The van der Waals surface area contributed by atoms with Gasteiger partial charge in [0.15, 0.2) is 5.96 Å². The lowest BCUT2D eigenvalue weighted by atomic mass is 10.1. The Kier molecular flexibility index (Phi) is 15.2. The highest BCUT2D eigenvalue weighted by atomic mass is 127. The van der Waals surface area contributed by atoms with Gasteiger partial charge in [0.2, 0.25) is 0 Å². The van der Waals surface area contributed by atoms with Gasteiger partial charge in [-0.25, -0.2) is 4.99 Å². The van der Waals surface area contributed by atoms with Crippen molar-refractivity contribution in [3.63, 3.8) is 0 Å². The van der Waals surface area contributed by atoms with Crippen molar-refractivity contribution >= 4 is 29.9 Å². The Balaban J connectivity index is 0.00000450. The molecule has 0 aromatic heterocycles. The topological polar surface area (TPSA) is 58.1 Å². The fourth-order valence-electron chi connectivity index (χ4n) is 3.57. The molecule has 1 saturated heterocycles. The molecule has 7 heteroatoms. The predicted molar refractivity (Wildman–Crippen MR) is 136 cm³/mol. The van der Waals surface area contributed by atoms with E-state index in [4.69, 9.17) is 14.5 Å². The molecule has 1 aromatic rings. The highest BCUT2D eigenvalue weighted by Gasteiger charge is 2.19. The summed E-state index contributed by atoms with van der Waals surface area (Å²) in [5.74, 6) is 0.916. The first-order valence-electron chi connectivity index (χ1n) is 11.3.